The Morgan fingerprint density at radius 3 is 2.52 bits per heavy atom. The Kier molecular flexibility index (Phi) is 8.24. The summed E-state index contributed by atoms with van der Waals surface area (Å²) in [4.78, 5) is 14.8. The number of aromatic nitrogens is 2. The molecule has 1 aliphatic heterocycles. The van der Waals surface area contributed by atoms with Crippen molar-refractivity contribution in [2.75, 3.05) is 56.4 Å². The summed E-state index contributed by atoms with van der Waals surface area (Å²) in [7, 11) is -1.48. The molecule has 0 amide bonds. The van der Waals surface area contributed by atoms with Gasteiger partial charge in [0, 0.05) is 56.1 Å². The maximum atomic E-state index is 12.9. The molecule has 2 heterocycles. The monoisotopic (exact) mass is 582 g/mol. The van der Waals surface area contributed by atoms with Crippen molar-refractivity contribution in [2.24, 2.45) is 0 Å². The Bertz CT molecular complexity index is 1650. The average Bonchev–Trinajstić information content (AvgIpc) is 3.00. The molecule has 1 unspecified atom stereocenters. The lowest BCUT2D eigenvalue weighted by atomic mass is 9.78. The van der Waals surface area contributed by atoms with Crippen LogP contribution in [0.15, 0.2) is 83.9 Å². The summed E-state index contributed by atoms with van der Waals surface area (Å²) in [5.41, 5.74) is 7.01. The number of piperazine rings is 1. The number of likely N-dealkylation sites (N-methyl/N-ethyl adjacent to an activating group) is 1. The van der Waals surface area contributed by atoms with Crippen LogP contribution in [0.5, 0.6) is 0 Å². The van der Waals surface area contributed by atoms with Gasteiger partial charge in [-0.15, -0.1) is 0 Å². The molecule has 3 aromatic carbocycles. The van der Waals surface area contributed by atoms with Gasteiger partial charge in [-0.05, 0) is 79.9 Å². The van der Waals surface area contributed by atoms with E-state index in [0.717, 1.165) is 80.1 Å². The fourth-order valence-corrected chi connectivity index (χ4v) is 7.04. The van der Waals surface area contributed by atoms with E-state index in [9.17, 15) is 8.42 Å². The molecule has 218 valence electrons. The van der Waals surface area contributed by atoms with Gasteiger partial charge < -0.3 is 15.1 Å². The molecular weight excluding hydrogens is 544 g/mol. The Morgan fingerprint density at radius 1 is 0.952 bits per heavy atom. The van der Waals surface area contributed by atoms with Crippen molar-refractivity contribution in [3.05, 3.63) is 101 Å². The molecule has 4 aromatic rings. The summed E-state index contributed by atoms with van der Waals surface area (Å²) in [6.07, 6.45) is 3.79. The van der Waals surface area contributed by atoms with Crippen LogP contribution in [-0.4, -0.2) is 74.5 Å². The van der Waals surface area contributed by atoms with Gasteiger partial charge in [-0.2, -0.15) is 0 Å². The predicted molar refractivity (Wildman–Crippen MR) is 168 cm³/mol. The van der Waals surface area contributed by atoms with Gasteiger partial charge in [0.05, 0.1) is 10.6 Å². The van der Waals surface area contributed by atoms with Gasteiger partial charge in [0.2, 0.25) is 5.95 Å². The molecule has 8 nitrogen and oxygen atoms in total. The van der Waals surface area contributed by atoms with E-state index in [1.165, 1.54) is 5.56 Å². The highest BCUT2D eigenvalue weighted by atomic mass is 32.2. The molecule has 1 aromatic heterocycles. The molecule has 42 heavy (non-hydrogen) atoms. The number of nitrogens with one attached hydrogen (secondary N) is 2. The lowest BCUT2D eigenvalue weighted by Crippen LogP contribution is -2.44. The van der Waals surface area contributed by atoms with Gasteiger partial charge in [0.1, 0.15) is 0 Å². The quantitative estimate of drug-likeness (QED) is 0.269. The second-order valence-electron chi connectivity index (χ2n) is 11.4. The molecule has 0 bridgehead atoms. The number of hydrogen-bond donors (Lipinski definition) is 2. The summed E-state index contributed by atoms with van der Waals surface area (Å²) in [6.45, 7) is 8.35. The molecule has 9 heteroatoms. The van der Waals surface area contributed by atoms with Crippen LogP contribution in [0.3, 0.4) is 0 Å². The molecule has 2 N–H and O–H groups in total. The third-order valence-electron chi connectivity index (χ3n) is 8.28. The Hall–Kier alpha value is -3.79. The minimum Gasteiger partial charge on any atom is -0.354 e. The third-order valence-corrected chi connectivity index (χ3v) is 9.65. The molecule has 0 radical (unpaired) electrons. The lowest BCUT2D eigenvalue weighted by molar-refractivity contribution is 0.154. The highest BCUT2D eigenvalue weighted by molar-refractivity contribution is 7.92. The van der Waals surface area contributed by atoms with Crippen molar-refractivity contribution in [3.8, 4) is 11.3 Å². The SMILES string of the molecule is Cc1cccc(S(=O)(=O)Nc2ccc(C3Cc4cnc(NCCCN5CCN(C)CC5)nc4-c4ccccc43)cc2)c1. The normalized spacial score (nSPS) is 17.3. The summed E-state index contributed by atoms with van der Waals surface area (Å²) in [6, 6.07) is 23.0. The summed E-state index contributed by atoms with van der Waals surface area (Å²) < 4.78 is 28.5. The first kappa shape index (κ1) is 28.3. The smallest absolute Gasteiger partial charge is 0.261 e. The second-order valence-corrected chi connectivity index (χ2v) is 13.1. The maximum absolute atomic E-state index is 12.9. The Labute approximate surface area is 248 Å². The first-order valence-corrected chi connectivity index (χ1v) is 16.1. The van der Waals surface area contributed by atoms with Crippen LogP contribution in [-0.2, 0) is 16.4 Å². The summed E-state index contributed by atoms with van der Waals surface area (Å²) >= 11 is 0. The van der Waals surface area contributed by atoms with Crippen LogP contribution >= 0.6 is 0 Å². The molecule has 1 atom stereocenters. The number of rotatable bonds is 9. The van der Waals surface area contributed by atoms with Crippen LogP contribution in [0.25, 0.3) is 11.3 Å². The van der Waals surface area contributed by atoms with Crippen molar-refractivity contribution >= 4 is 21.7 Å². The molecule has 6 rings (SSSR count). The molecule has 0 saturated carbocycles. The van der Waals surface area contributed by atoms with Gasteiger partial charge in [0.25, 0.3) is 10.0 Å². The van der Waals surface area contributed by atoms with Gasteiger partial charge in [-0.1, -0.05) is 48.5 Å². The van der Waals surface area contributed by atoms with E-state index in [1.54, 1.807) is 18.2 Å². The number of anilines is 2. The van der Waals surface area contributed by atoms with E-state index in [1.807, 2.05) is 43.5 Å². The highest BCUT2D eigenvalue weighted by Gasteiger charge is 2.27. The zero-order chi connectivity index (χ0) is 29.1. The number of benzene rings is 3. The minimum absolute atomic E-state index is 0.127. The largest absolute Gasteiger partial charge is 0.354 e. The molecule has 0 spiro atoms. The second kappa shape index (κ2) is 12.2. The Balaban J connectivity index is 1.14. The predicted octanol–water partition coefficient (Wildman–Crippen LogP) is 4.99. The first-order valence-electron chi connectivity index (χ1n) is 14.7. The number of hydrogen-bond acceptors (Lipinski definition) is 7. The van der Waals surface area contributed by atoms with Crippen molar-refractivity contribution in [1.29, 1.82) is 0 Å². The van der Waals surface area contributed by atoms with E-state index < -0.39 is 10.0 Å². The van der Waals surface area contributed by atoms with E-state index in [-0.39, 0.29) is 10.8 Å². The third kappa shape index (κ3) is 6.33. The van der Waals surface area contributed by atoms with E-state index >= 15 is 0 Å². The van der Waals surface area contributed by atoms with Gasteiger partial charge >= 0.3 is 0 Å². The van der Waals surface area contributed by atoms with Crippen molar-refractivity contribution in [2.45, 2.75) is 30.6 Å². The standard InChI is InChI=1S/C33H38N6O2S/c1-24-7-5-8-28(21-24)42(40,41)37-27-13-11-25(12-14-27)31-22-26-23-35-33(36-32(26)30-10-4-3-9-29(30)31)34-15-6-16-39-19-17-38(2)18-20-39/h3-5,7-14,21,23,31,37H,6,15-20,22H2,1-2H3,(H,34,35,36). The lowest BCUT2D eigenvalue weighted by Gasteiger charge is -2.32. The highest BCUT2D eigenvalue weighted by Crippen LogP contribution is 2.42. The van der Waals surface area contributed by atoms with E-state index in [4.69, 9.17) is 4.98 Å². The number of nitrogens with zero attached hydrogens (tertiary/aromatic N) is 4. The van der Waals surface area contributed by atoms with Crippen LogP contribution in [0.1, 0.15) is 34.6 Å². The van der Waals surface area contributed by atoms with Crippen molar-refractivity contribution < 1.29 is 8.42 Å². The van der Waals surface area contributed by atoms with E-state index in [2.05, 4.69) is 56.1 Å². The topological polar surface area (TPSA) is 90.5 Å². The van der Waals surface area contributed by atoms with Crippen LogP contribution in [0.4, 0.5) is 11.6 Å². The zero-order valence-corrected chi connectivity index (χ0v) is 25.1. The maximum Gasteiger partial charge on any atom is 0.261 e. The van der Waals surface area contributed by atoms with Crippen molar-refractivity contribution in [1.82, 2.24) is 19.8 Å². The minimum atomic E-state index is -3.66. The van der Waals surface area contributed by atoms with Gasteiger partial charge in [-0.3, -0.25) is 4.72 Å². The summed E-state index contributed by atoms with van der Waals surface area (Å²) in [5.74, 6) is 0.799. The average molecular weight is 583 g/mol. The van der Waals surface area contributed by atoms with Crippen LogP contribution in [0.2, 0.25) is 0 Å². The fraction of sp³-hybridized carbons (Fsp3) is 0.333. The fourth-order valence-electron chi connectivity index (χ4n) is 5.87. The van der Waals surface area contributed by atoms with Crippen molar-refractivity contribution in [3.63, 3.8) is 0 Å². The van der Waals surface area contributed by atoms with Gasteiger partial charge in [-0.25, -0.2) is 18.4 Å². The zero-order valence-electron chi connectivity index (χ0n) is 24.3. The first-order chi connectivity index (χ1) is 20.4. The number of fused-ring (bicyclic) bond motifs is 3. The molecule has 1 aliphatic carbocycles. The summed E-state index contributed by atoms with van der Waals surface area (Å²) in [5, 5.41) is 3.44. The van der Waals surface area contributed by atoms with Crippen LogP contribution in [0, 0.1) is 6.92 Å². The number of sulfonamides is 1. The molecule has 1 fully saturated rings. The van der Waals surface area contributed by atoms with E-state index in [0.29, 0.717) is 11.6 Å². The van der Waals surface area contributed by atoms with Crippen LogP contribution < -0.4 is 10.0 Å². The number of aryl methyl sites for hydroxylation is 1. The van der Waals surface area contributed by atoms with Gasteiger partial charge in [0.15, 0.2) is 0 Å². The molecular formula is C33H38N6O2S. The molecule has 1 saturated heterocycles. The molecule has 2 aliphatic rings. The Morgan fingerprint density at radius 2 is 1.74 bits per heavy atom.